The van der Waals surface area contributed by atoms with Gasteiger partial charge in [-0.2, -0.15) is 0 Å². The molecule has 0 aliphatic heterocycles. The molecule has 0 fully saturated rings. The van der Waals surface area contributed by atoms with Crippen LogP contribution in [0, 0.1) is 17.7 Å². The molecule has 1 unspecified atom stereocenters. The Hall–Kier alpha value is -1.91. The molecule has 110 valence electrons. The Kier molecular flexibility index (Phi) is 5.67. The van der Waals surface area contributed by atoms with Crippen LogP contribution in [0.1, 0.15) is 27.2 Å². The smallest absolute Gasteiger partial charge is 0.308 e. The predicted octanol–water partition coefficient (Wildman–Crippen LogP) is 2.93. The van der Waals surface area contributed by atoms with E-state index in [4.69, 9.17) is 5.11 Å². The molecule has 1 amide bonds. The lowest BCUT2D eigenvalue weighted by Crippen LogP contribution is -2.38. The van der Waals surface area contributed by atoms with Crippen molar-refractivity contribution in [3.8, 4) is 0 Å². The molecule has 1 rings (SSSR count). The van der Waals surface area contributed by atoms with Gasteiger partial charge in [0.15, 0.2) is 0 Å². The van der Waals surface area contributed by atoms with E-state index in [0.29, 0.717) is 0 Å². The second-order valence-electron chi connectivity index (χ2n) is 5.29. The first-order valence-corrected chi connectivity index (χ1v) is 6.60. The number of amides is 1. The molecule has 4 nitrogen and oxygen atoms in total. The number of benzene rings is 1. The number of anilines is 1. The van der Waals surface area contributed by atoms with Crippen molar-refractivity contribution in [3.63, 3.8) is 0 Å². The third-order valence-corrected chi connectivity index (χ3v) is 2.91. The number of hydrogen-bond acceptors (Lipinski definition) is 2. The van der Waals surface area contributed by atoms with Gasteiger partial charge >= 0.3 is 5.97 Å². The molecule has 0 aromatic heterocycles. The maximum atomic E-state index is 13.8. The van der Waals surface area contributed by atoms with E-state index in [1.807, 2.05) is 13.8 Å². The molecule has 0 aliphatic carbocycles. The summed E-state index contributed by atoms with van der Waals surface area (Å²) < 4.78 is 13.8. The van der Waals surface area contributed by atoms with Gasteiger partial charge in [-0.25, -0.2) is 4.39 Å². The molecule has 1 N–H and O–H groups in total. The Morgan fingerprint density at radius 2 is 1.85 bits per heavy atom. The van der Waals surface area contributed by atoms with Crippen LogP contribution in [0.15, 0.2) is 24.3 Å². The first-order chi connectivity index (χ1) is 9.32. The quantitative estimate of drug-likeness (QED) is 0.872. The second-order valence-corrected chi connectivity index (χ2v) is 5.29. The first kappa shape index (κ1) is 16.1. The van der Waals surface area contributed by atoms with Gasteiger partial charge in [-0.1, -0.05) is 32.9 Å². The van der Waals surface area contributed by atoms with Crippen molar-refractivity contribution >= 4 is 17.6 Å². The normalized spacial score (nSPS) is 12.2. The molecule has 5 heteroatoms. The van der Waals surface area contributed by atoms with Crippen LogP contribution in [0.3, 0.4) is 0 Å². The van der Waals surface area contributed by atoms with Crippen molar-refractivity contribution in [2.45, 2.75) is 27.2 Å². The number of carboxylic acids is 1. The summed E-state index contributed by atoms with van der Waals surface area (Å²) in [6, 6.07) is 5.91. The summed E-state index contributed by atoms with van der Waals surface area (Å²) in [4.78, 5) is 24.4. The molecule has 1 aromatic carbocycles. The van der Waals surface area contributed by atoms with E-state index in [1.165, 1.54) is 30.0 Å². The molecule has 0 radical (unpaired) electrons. The highest BCUT2D eigenvalue weighted by Crippen LogP contribution is 2.22. The minimum absolute atomic E-state index is 0.0399. The maximum Gasteiger partial charge on any atom is 0.308 e. The first-order valence-electron chi connectivity index (χ1n) is 6.60. The van der Waals surface area contributed by atoms with Gasteiger partial charge in [-0.05, 0) is 18.1 Å². The van der Waals surface area contributed by atoms with Crippen LogP contribution in [0.5, 0.6) is 0 Å². The lowest BCUT2D eigenvalue weighted by molar-refractivity contribution is -0.140. The van der Waals surface area contributed by atoms with Gasteiger partial charge in [-0.3, -0.25) is 9.59 Å². The number of rotatable bonds is 6. The fourth-order valence-electron chi connectivity index (χ4n) is 1.82. The van der Waals surface area contributed by atoms with Gasteiger partial charge in [0.05, 0.1) is 11.6 Å². The number of carbonyl (C=O) groups is 2. The molecular formula is C15H20FNO3. The van der Waals surface area contributed by atoms with Crippen molar-refractivity contribution in [3.05, 3.63) is 30.1 Å². The van der Waals surface area contributed by atoms with Gasteiger partial charge < -0.3 is 10.0 Å². The lowest BCUT2D eigenvalue weighted by atomic mass is 10.1. The number of nitrogens with zero attached hydrogens (tertiary/aromatic N) is 1. The van der Waals surface area contributed by atoms with Crippen molar-refractivity contribution in [1.29, 1.82) is 0 Å². The summed E-state index contributed by atoms with van der Waals surface area (Å²) in [6.07, 6.45) is 0.251. The molecule has 1 atom stereocenters. The zero-order valence-corrected chi connectivity index (χ0v) is 12.0. The van der Waals surface area contributed by atoms with Crippen molar-refractivity contribution in [2.24, 2.45) is 11.8 Å². The van der Waals surface area contributed by atoms with Crippen LogP contribution in [-0.2, 0) is 9.59 Å². The third kappa shape index (κ3) is 4.33. The van der Waals surface area contributed by atoms with Crippen molar-refractivity contribution in [1.82, 2.24) is 0 Å². The number of aliphatic carboxylic acids is 1. The molecule has 1 aromatic rings. The standard InChI is InChI=1S/C15H20FNO3/c1-10(2)8-14(18)17(9-11(3)15(19)20)13-7-5-4-6-12(13)16/h4-7,10-11H,8-9H2,1-3H3,(H,19,20). The van der Waals surface area contributed by atoms with E-state index in [1.54, 1.807) is 6.07 Å². The van der Waals surface area contributed by atoms with E-state index in [-0.39, 0.29) is 30.5 Å². The molecule has 20 heavy (non-hydrogen) atoms. The molecule has 0 heterocycles. The van der Waals surface area contributed by atoms with Crippen LogP contribution in [0.4, 0.5) is 10.1 Å². The summed E-state index contributed by atoms with van der Waals surface area (Å²) in [5.74, 6) is -2.44. The Morgan fingerprint density at radius 3 is 2.35 bits per heavy atom. The van der Waals surface area contributed by atoms with Crippen LogP contribution >= 0.6 is 0 Å². The largest absolute Gasteiger partial charge is 0.481 e. The second kappa shape index (κ2) is 7.03. The van der Waals surface area contributed by atoms with Gasteiger partial charge in [0.25, 0.3) is 0 Å². The van der Waals surface area contributed by atoms with Crippen LogP contribution < -0.4 is 4.90 Å². The number of carboxylic acid groups (broad SMARTS) is 1. The zero-order valence-electron chi connectivity index (χ0n) is 12.0. The maximum absolute atomic E-state index is 13.8. The van der Waals surface area contributed by atoms with Crippen LogP contribution in [0.2, 0.25) is 0 Å². The topological polar surface area (TPSA) is 57.6 Å². The number of halogens is 1. The Morgan fingerprint density at radius 1 is 1.25 bits per heavy atom. The fourth-order valence-corrected chi connectivity index (χ4v) is 1.82. The molecule has 0 spiro atoms. The summed E-state index contributed by atoms with van der Waals surface area (Å²) in [7, 11) is 0. The van der Waals surface area contributed by atoms with Gasteiger partial charge in [-0.15, -0.1) is 0 Å². The monoisotopic (exact) mass is 281 g/mol. The van der Waals surface area contributed by atoms with Gasteiger partial charge in [0.2, 0.25) is 5.91 Å². The predicted molar refractivity (Wildman–Crippen MR) is 75.0 cm³/mol. The van der Waals surface area contributed by atoms with E-state index in [2.05, 4.69) is 0 Å². The van der Waals surface area contributed by atoms with Gasteiger partial charge in [0.1, 0.15) is 5.82 Å². The van der Waals surface area contributed by atoms with Gasteiger partial charge in [0, 0.05) is 13.0 Å². The number of para-hydroxylation sites is 1. The number of hydrogen-bond donors (Lipinski definition) is 1. The lowest BCUT2D eigenvalue weighted by Gasteiger charge is -2.25. The molecule has 0 bridgehead atoms. The van der Waals surface area contributed by atoms with E-state index >= 15 is 0 Å². The Labute approximate surface area is 118 Å². The summed E-state index contributed by atoms with van der Waals surface area (Å²) in [5.41, 5.74) is 0.131. The highest BCUT2D eigenvalue weighted by molar-refractivity contribution is 5.94. The molecule has 0 saturated heterocycles. The average Bonchev–Trinajstić information content (AvgIpc) is 2.35. The Bertz CT molecular complexity index is 488. The minimum atomic E-state index is -1.01. The van der Waals surface area contributed by atoms with Crippen molar-refractivity contribution in [2.75, 3.05) is 11.4 Å². The van der Waals surface area contributed by atoms with E-state index in [0.717, 1.165) is 0 Å². The summed E-state index contributed by atoms with van der Waals surface area (Å²) in [6.45, 7) is 5.23. The third-order valence-electron chi connectivity index (χ3n) is 2.91. The minimum Gasteiger partial charge on any atom is -0.481 e. The number of carbonyl (C=O) groups excluding carboxylic acids is 1. The molecule has 0 aliphatic rings. The SMILES string of the molecule is CC(C)CC(=O)N(CC(C)C(=O)O)c1ccccc1F. The van der Waals surface area contributed by atoms with Crippen LogP contribution in [-0.4, -0.2) is 23.5 Å². The summed E-state index contributed by atoms with van der Waals surface area (Å²) >= 11 is 0. The zero-order chi connectivity index (χ0) is 15.3. The Balaban J connectivity index is 3.04. The average molecular weight is 281 g/mol. The van der Waals surface area contributed by atoms with E-state index < -0.39 is 17.7 Å². The molecule has 0 saturated carbocycles. The van der Waals surface area contributed by atoms with E-state index in [9.17, 15) is 14.0 Å². The van der Waals surface area contributed by atoms with Crippen LogP contribution in [0.25, 0.3) is 0 Å². The fraction of sp³-hybridized carbons (Fsp3) is 0.467. The molecular weight excluding hydrogens is 261 g/mol. The highest BCUT2D eigenvalue weighted by atomic mass is 19.1. The summed E-state index contributed by atoms with van der Waals surface area (Å²) in [5, 5.41) is 8.98. The van der Waals surface area contributed by atoms with Crippen molar-refractivity contribution < 1.29 is 19.1 Å². The highest BCUT2D eigenvalue weighted by Gasteiger charge is 2.24.